The lowest BCUT2D eigenvalue weighted by molar-refractivity contribution is -0.135. The monoisotopic (exact) mass is 308 g/mol. The fraction of sp³-hybridized carbons (Fsp3) is 0.111. The van der Waals surface area contributed by atoms with E-state index in [0.29, 0.717) is 17.7 Å². The Morgan fingerprint density at radius 3 is 2.65 bits per heavy atom. The molecule has 116 valence electrons. The Labute approximate surface area is 133 Å². The van der Waals surface area contributed by atoms with Crippen LogP contribution in [0.1, 0.15) is 15.9 Å². The van der Waals surface area contributed by atoms with Gasteiger partial charge in [-0.25, -0.2) is 4.79 Å². The molecule has 0 amide bonds. The van der Waals surface area contributed by atoms with Crippen LogP contribution in [-0.4, -0.2) is 23.3 Å². The smallest absolute Gasteiger partial charge is 0.328 e. The predicted molar refractivity (Wildman–Crippen MR) is 87.4 cm³/mol. The number of benzene rings is 2. The molecule has 0 unspecified atom stereocenters. The van der Waals surface area contributed by atoms with Gasteiger partial charge >= 0.3 is 5.97 Å². The lowest BCUT2D eigenvalue weighted by Gasteiger charge is -2.11. The van der Waals surface area contributed by atoms with Crippen LogP contribution in [0.3, 0.4) is 0 Å². The maximum Gasteiger partial charge on any atom is 0.328 e. The summed E-state index contributed by atoms with van der Waals surface area (Å²) in [5.74, 6) is -0.135. The van der Waals surface area contributed by atoms with Gasteiger partial charge in [0.1, 0.15) is 18.1 Å². The average molecular weight is 308 g/mol. The van der Waals surface area contributed by atoms with Gasteiger partial charge < -0.3 is 15.5 Å². The predicted octanol–water partition coefficient (Wildman–Crippen LogP) is 2.46. The Morgan fingerprint density at radius 2 is 1.91 bits per heavy atom. The van der Waals surface area contributed by atoms with Crippen molar-refractivity contribution in [1.82, 2.24) is 4.98 Å². The van der Waals surface area contributed by atoms with Gasteiger partial charge in [0.05, 0.1) is 0 Å². The second-order valence-electron chi connectivity index (χ2n) is 5.28. The van der Waals surface area contributed by atoms with E-state index in [4.69, 9.17) is 10.5 Å². The molecule has 0 aliphatic rings. The molecule has 0 fully saturated rings. The molecule has 0 aliphatic carbocycles. The Morgan fingerprint density at radius 1 is 1.17 bits per heavy atom. The molecule has 1 aromatic heterocycles. The number of nitrogens with two attached hydrogens (primary N) is 1. The second kappa shape index (κ2) is 6.46. The van der Waals surface area contributed by atoms with E-state index < -0.39 is 12.0 Å². The molecular formula is C18H16N2O3. The summed E-state index contributed by atoms with van der Waals surface area (Å²) in [6.45, 7) is 0. The third-order valence-electron chi connectivity index (χ3n) is 3.65. The van der Waals surface area contributed by atoms with Crippen molar-refractivity contribution in [3.05, 3.63) is 65.9 Å². The number of H-pyrrole nitrogens is 1. The largest absolute Gasteiger partial charge is 0.425 e. The maximum absolute atomic E-state index is 12.1. The molecule has 0 aliphatic heterocycles. The fourth-order valence-corrected chi connectivity index (χ4v) is 2.43. The molecule has 3 N–H and O–H groups in total. The van der Waals surface area contributed by atoms with Gasteiger partial charge in [0.2, 0.25) is 0 Å². The number of aldehydes is 1. The molecular weight excluding hydrogens is 292 g/mol. The third-order valence-corrected chi connectivity index (χ3v) is 3.65. The van der Waals surface area contributed by atoms with Crippen molar-refractivity contribution < 1.29 is 14.3 Å². The highest BCUT2D eigenvalue weighted by Crippen LogP contribution is 2.19. The number of aromatic nitrogens is 1. The maximum atomic E-state index is 12.1. The van der Waals surface area contributed by atoms with Crippen LogP contribution in [0.4, 0.5) is 0 Å². The minimum atomic E-state index is -0.764. The van der Waals surface area contributed by atoms with Crippen molar-refractivity contribution in [3.63, 3.8) is 0 Å². The van der Waals surface area contributed by atoms with Gasteiger partial charge in [-0.2, -0.15) is 0 Å². The summed E-state index contributed by atoms with van der Waals surface area (Å²) >= 11 is 0. The van der Waals surface area contributed by atoms with E-state index in [-0.39, 0.29) is 0 Å². The Balaban J connectivity index is 1.68. The number of nitrogens with one attached hydrogen (secondary N) is 1. The number of rotatable bonds is 5. The van der Waals surface area contributed by atoms with Gasteiger partial charge in [-0.3, -0.25) is 4.79 Å². The molecule has 1 atom stereocenters. The number of hydrogen-bond acceptors (Lipinski definition) is 4. The van der Waals surface area contributed by atoms with Crippen molar-refractivity contribution in [2.75, 3.05) is 0 Å². The lowest BCUT2D eigenvalue weighted by atomic mass is 10.1. The molecule has 23 heavy (non-hydrogen) atoms. The van der Waals surface area contributed by atoms with E-state index in [9.17, 15) is 9.59 Å². The first-order valence-corrected chi connectivity index (χ1v) is 7.25. The number of ether oxygens (including phenoxy) is 1. The molecule has 1 heterocycles. The number of esters is 1. The van der Waals surface area contributed by atoms with E-state index >= 15 is 0 Å². The van der Waals surface area contributed by atoms with Crippen molar-refractivity contribution >= 4 is 23.2 Å². The van der Waals surface area contributed by atoms with Gasteiger partial charge in [0.15, 0.2) is 0 Å². The van der Waals surface area contributed by atoms with Crippen LogP contribution >= 0.6 is 0 Å². The van der Waals surface area contributed by atoms with Gasteiger partial charge in [-0.15, -0.1) is 0 Å². The van der Waals surface area contributed by atoms with E-state index in [2.05, 4.69) is 4.98 Å². The van der Waals surface area contributed by atoms with E-state index in [1.54, 1.807) is 24.3 Å². The van der Waals surface area contributed by atoms with Crippen LogP contribution in [-0.2, 0) is 11.2 Å². The summed E-state index contributed by atoms with van der Waals surface area (Å²) in [6.07, 6.45) is 2.97. The summed E-state index contributed by atoms with van der Waals surface area (Å²) in [5, 5.41) is 1.05. The number of fused-ring (bicyclic) bond motifs is 1. The van der Waals surface area contributed by atoms with Gasteiger partial charge in [-0.1, -0.05) is 18.2 Å². The quantitative estimate of drug-likeness (QED) is 0.431. The minimum absolute atomic E-state index is 0.370. The van der Waals surface area contributed by atoms with E-state index in [1.807, 2.05) is 30.5 Å². The van der Waals surface area contributed by atoms with Crippen LogP contribution in [0.15, 0.2) is 54.7 Å². The van der Waals surface area contributed by atoms with Crippen LogP contribution in [0.5, 0.6) is 5.75 Å². The number of para-hydroxylation sites is 1. The normalized spacial score (nSPS) is 12.0. The summed E-state index contributed by atoms with van der Waals surface area (Å²) in [5.41, 5.74) is 8.46. The van der Waals surface area contributed by atoms with Crippen molar-refractivity contribution in [2.24, 2.45) is 5.73 Å². The first kappa shape index (κ1) is 15.0. The highest BCUT2D eigenvalue weighted by Gasteiger charge is 2.18. The van der Waals surface area contributed by atoms with Crippen LogP contribution in [0.2, 0.25) is 0 Å². The third kappa shape index (κ3) is 3.30. The van der Waals surface area contributed by atoms with Crippen LogP contribution < -0.4 is 10.5 Å². The van der Waals surface area contributed by atoms with Crippen LogP contribution in [0.25, 0.3) is 10.9 Å². The second-order valence-corrected chi connectivity index (χ2v) is 5.28. The average Bonchev–Trinajstić information content (AvgIpc) is 2.98. The molecule has 0 saturated carbocycles. The first-order valence-electron chi connectivity index (χ1n) is 7.25. The molecule has 0 saturated heterocycles. The standard InChI is InChI=1S/C18H16N2O3/c19-16(9-13-10-20-17-4-2-1-3-15(13)17)18(22)23-14-7-5-12(11-21)6-8-14/h1-8,10-11,16,20H,9,19H2/t16-/m0/s1. The highest BCUT2D eigenvalue weighted by atomic mass is 16.5. The Hall–Kier alpha value is -2.92. The Bertz CT molecular complexity index is 837. The zero-order chi connectivity index (χ0) is 16.2. The molecule has 3 rings (SSSR count). The van der Waals surface area contributed by atoms with E-state index in [1.165, 1.54) is 0 Å². The topological polar surface area (TPSA) is 85.2 Å². The van der Waals surface area contributed by atoms with Gasteiger partial charge in [0.25, 0.3) is 0 Å². The summed E-state index contributed by atoms with van der Waals surface area (Å²) in [6, 6.07) is 13.4. The molecule has 0 bridgehead atoms. The van der Waals surface area contributed by atoms with Crippen molar-refractivity contribution in [3.8, 4) is 5.75 Å². The first-order chi connectivity index (χ1) is 11.2. The fourth-order valence-electron chi connectivity index (χ4n) is 2.43. The number of carbonyl (C=O) groups is 2. The number of carbonyl (C=O) groups excluding carboxylic acids is 2. The summed E-state index contributed by atoms with van der Waals surface area (Å²) < 4.78 is 5.25. The van der Waals surface area contributed by atoms with Crippen molar-refractivity contribution in [1.29, 1.82) is 0 Å². The SMILES string of the molecule is N[C@@H](Cc1c[nH]c2ccccc12)C(=O)Oc1ccc(C=O)cc1. The Kier molecular flexibility index (Phi) is 4.21. The van der Waals surface area contributed by atoms with E-state index in [0.717, 1.165) is 22.8 Å². The summed E-state index contributed by atoms with van der Waals surface area (Å²) in [4.78, 5) is 25.9. The van der Waals surface area contributed by atoms with Crippen LogP contribution in [0, 0.1) is 0 Å². The van der Waals surface area contributed by atoms with Gasteiger partial charge in [-0.05, 0) is 35.9 Å². The highest BCUT2D eigenvalue weighted by molar-refractivity contribution is 5.85. The van der Waals surface area contributed by atoms with Gasteiger partial charge in [0, 0.05) is 29.1 Å². The minimum Gasteiger partial charge on any atom is -0.425 e. The zero-order valence-corrected chi connectivity index (χ0v) is 12.4. The molecule has 0 spiro atoms. The molecule has 5 nitrogen and oxygen atoms in total. The molecule has 5 heteroatoms. The zero-order valence-electron chi connectivity index (χ0n) is 12.4. The van der Waals surface area contributed by atoms with Crippen molar-refractivity contribution in [2.45, 2.75) is 12.5 Å². The number of hydrogen-bond donors (Lipinski definition) is 2. The number of aromatic amines is 1. The lowest BCUT2D eigenvalue weighted by Crippen LogP contribution is -2.36. The molecule has 0 radical (unpaired) electrons. The molecule has 3 aromatic rings. The summed E-state index contributed by atoms with van der Waals surface area (Å²) in [7, 11) is 0. The molecule has 2 aromatic carbocycles.